The third-order valence-electron chi connectivity index (χ3n) is 1.43. The van der Waals surface area contributed by atoms with Crippen LogP contribution in [0.1, 0.15) is 0 Å². The standard InChI is InChI=1S/C6H7O4P.C2H7O4P/c7-11(8,9)10-6-4-2-1-3-5-6;1-5-7(3,4)6-2/h1-5H,(H2,7,8,9);1-2H3,(H,3,4). The van der Waals surface area contributed by atoms with E-state index < -0.39 is 15.6 Å². The molecule has 0 aliphatic heterocycles. The largest absolute Gasteiger partial charge is 0.524 e. The maximum absolute atomic E-state index is 10.3. The summed E-state index contributed by atoms with van der Waals surface area (Å²) in [5.74, 6) is 0.167. The molecule has 0 atom stereocenters. The Morgan fingerprint density at radius 3 is 1.67 bits per heavy atom. The summed E-state index contributed by atoms with van der Waals surface area (Å²) in [6, 6.07) is 7.93. The highest BCUT2D eigenvalue weighted by Gasteiger charge is 2.14. The van der Waals surface area contributed by atoms with Crippen LogP contribution >= 0.6 is 15.6 Å². The summed E-state index contributed by atoms with van der Waals surface area (Å²) in [6.07, 6.45) is 0. The van der Waals surface area contributed by atoms with Crippen molar-refractivity contribution in [3.8, 4) is 5.75 Å². The van der Waals surface area contributed by atoms with Gasteiger partial charge in [0.25, 0.3) is 0 Å². The molecule has 1 aromatic rings. The van der Waals surface area contributed by atoms with Crippen LogP contribution < -0.4 is 4.52 Å². The van der Waals surface area contributed by atoms with E-state index in [4.69, 9.17) is 14.7 Å². The predicted octanol–water partition coefficient (Wildman–Crippen LogP) is 1.54. The topological polar surface area (TPSA) is 123 Å². The minimum absolute atomic E-state index is 0.167. The van der Waals surface area contributed by atoms with Crippen LogP contribution in [-0.4, -0.2) is 28.9 Å². The molecule has 104 valence electrons. The first-order chi connectivity index (χ1) is 8.20. The van der Waals surface area contributed by atoms with Crippen LogP contribution in [0.15, 0.2) is 30.3 Å². The molecular weight excluding hydrogens is 286 g/mol. The van der Waals surface area contributed by atoms with E-state index in [-0.39, 0.29) is 5.75 Å². The Kier molecular flexibility index (Phi) is 7.35. The molecule has 0 radical (unpaired) electrons. The van der Waals surface area contributed by atoms with E-state index >= 15 is 0 Å². The van der Waals surface area contributed by atoms with Gasteiger partial charge in [-0.3, -0.25) is 18.8 Å². The zero-order chi connectivity index (χ0) is 14.2. The van der Waals surface area contributed by atoms with Crippen LogP contribution in [0.25, 0.3) is 0 Å². The van der Waals surface area contributed by atoms with Gasteiger partial charge in [0.2, 0.25) is 0 Å². The second kappa shape index (κ2) is 7.66. The van der Waals surface area contributed by atoms with Gasteiger partial charge in [0.05, 0.1) is 0 Å². The van der Waals surface area contributed by atoms with E-state index in [0.29, 0.717) is 0 Å². The summed E-state index contributed by atoms with van der Waals surface area (Å²) >= 11 is 0. The summed E-state index contributed by atoms with van der Waals surface area (Å²) in [7, 11) is -5.84. The van der Waals surface area contributed by atoms with E-state index in [9.17, 15) is 9.13 Å². The summed E-state index contributed by atoms with van der Waals surface area (Å²) in [6.45, 7) is 0. The Bertz CT molecular complexity index is 420. The minimum atomic E-state index is -4.39. The highest BCUT2D eigenvalue weighted by Crippen LogP contribution is 2.40. The molecule has 0 saturated carbocycles. The van der Waals surface area contributed by atoms with Crippen molar-refractivity contribution in [3.05, 3.63) is 30.3 Å². The van der Waals surface area contributed by atoms with Crippen molar-refractivity contribution in [2.45, 2.75) is 0 Å². The number of rotatable bonds is 4. The first-order valence-corrected chi connectivity index (χ1v) is 7.47. The van der Waals surface area contributed by atoms with E-state index in [1.54, 1.807) is 18.2 Å². The van der Waals surface area contributed by atoms with Gasteiger partial charge >= 0.3 is 15.6 Å². The highest BCUT2D eigenvalue weighted by molar-refractivity contribution is 7.47. The quantitative estimate of drug-likeness (QED) is 0.715. The fourth-order valence-electron chi connectivity index (χ4n) is 0.693. The van der Waals surface area contributed by atoms with Crippen LogP contribution in [0.2, 0.25) is 0 Å². The van der Waals surface area contributed by atoms with Crippen molar-refractivity contribution in [2.24, 2.45) is 0 Å². The monoisotopic (exact) mass is 300 g/mol. The van der Waals surface area contributed by atoms with Crippen molar-refractivity contribution >= 4 is 15.6 Å². The van der Waals surface area contributed by atoms with Crippen molar-refractivity contribution in [3.63, 3.8) is 0 Å². The fourth-order valence-corrected chi connectivity index (χ4v) is 1.24. The minimum Gasteiger partial charge on any atom is -0.404 e. The Hall–Kier alpha value is -0.720. The molecule has 0 spiro atoms. The lowest BCUT2D eigenvalue weighted by molar-refractivity contribution is 0.204. The number of hydrogen-bond acceptors (Lipinski definition) is 5. The van der Waals surface area contributed by atoms with Crippen LogP contribution in [0, 0.1) is 0 Å². The Labute approximate surface area is 104 Å². The summed E-state index contributed by atoms with van der Waals surface area (Å²) < 4.78 is 32.6. The molecule has 0 aliphatic carbocycles. The molecule has 18 heavy (non-hydrogen) atoms. The van der Waals surface area contributed by atoms with Crippen molar-refractivity contribution in [1.82, 2.24) is 0 Å². The summed E-state index contributed by atoms with van der Waals surface area (Å²) in [5, 5.41) is 0. The SMILES string of the molecule is COP(=O)(O)OC.O=P(O)(O)Oc1ccccc1. The van der Waals surface area contributed by atoms with Gasteiger partial charge in [0, 0.05) is 14.2 Å². The van der Waals surface area contributed by atoms with Gasteiger partial charge in [-0.05, 0) is 12.1 Å². The first-order valence-electron chi connectivity index (χ1n) is 4.44. The molecule has 3 N–H and O–H groups in total. The third-order valence-corrected chi connectivity index (χ3v) is 2.80. The van der Waals surface area contributed by atoms with Crippen LogP contribution in [0.3, 0.4) is 0 Å². The predicted molar refractivity (Wildman–Crippen MR) is 63.0 cm³/mol. The van der Waals surface area contributed by atoms with Gasteiger partial charge in [-0.1, -0.05) is 18.2 Å². The zero-order valence-electron chi connectivity index (χ0n) is 9.66. The number of hydrogen-bond donors (Lipinski definition) is 3. The molecule has 0 bridgehead atoms. The zero-order valence-corrected chi connectivity index (χ0v) is 11.5. The van der Waals surface area contributed by atoms with Gasteiger partial charge < -0.3 is 9.42 Å². The lowest BCUT2D eigenvalue weighted by atomic mass is 10.3. The number of para-hydroxylation sites is 1. The van der Waals surface area contributed by atoms with Crippen LogP contribution in [0.5, 0.6) is 5.75 Å². The summed E-state index contributed by atoms with van der Waals surface area (Å²) in [4.78, 5) is 25.0. The Morgan fingerprint density at radius 1 is 0.944 bits per heavy atom. The number of phosphoric acid groups is 2. The van der Waals surface area contributed by atoms with Crippen LogP contribution in [0.4, 0.5) is 0 Å². The second-order valence-electron chi connectivity index (χ2n) is 2.73. The van der Waals surface area contributed by atoms with Crippen molar-refractivity contribution in [1.29, 1.82) is 0 Å². The summed E-state index contributed by atoms with van der Waals surface area (Å²) in [5.41, 5.74) is 0. The fraction of sp³-hybridized carbons (Fsp3) is 0.250. The molecule has 0 fully saturated rings. The molecule has 8 nitrogen and oxygen atoms in total. The molecule has 0 aromatic heterocycles. The maximum atomic E-state index is 10.3. The smallest absolute Gasteiger partial charge is 0.404 e. The third kappa shape index (κ3) is 9.32. The average molecular weight is 300 g/mol. The van der Waals surface area contributed by atoms with Gasteiger partial charge in [0.15, 0.2) is 0 Å². The van der Waals surface area contributed by atoms with Gasteiger partial charge in [-0.2, -0.15) is 0 Å². The molecule has 0 heterocycles. The molecule has 0 aliphatic rings. The van der Waals surface area contributed by atoms with E-state index in [1.165, 1.54) is 12.1 Å². The van der Waals surface area contributed by atoms with Gasteiger partial charge in [-0.25, -0.2) is 9.13 Å². The number of benzene rings is 1. The van der Waals surface area contributed by atoms with Crippen molar-refractivity contribution < 1.29 is 37.4 Å². The van der Waals surface area contributed by atoms with E-state index in [1.807, 2.05) is 0 Å². The lowest BCUT2D eigenvalue weighted by Gasteiger charge is -2.04. The molecule has 1 aromatic carbocycles. The Morgan fingerprint density at radius 2 is 1.39 bits per heavy atom. The molecule has 0 amide bonds. The first kappa shape index (κ1) is 17.3. The lowest BCUT2D eigenvalue weighted by Crippen LogP contribution is -1.88. The second-order valence-corrected chi connectivity index (χ2v) is 5.56. The van der Waals surface area contributed by atoms with E-state index in [0.717, 1.165) is 14.2 Å². The highest BCUT2D eigenvalue weighted by atomic mass is 31.2. The van der Waals surface area contributed by atoms with E-state index in [2.05, 4.69) is 13.6 Å². The van der Waals surface area contributed by atoms with Gasteiger partial charge in [-0.15, -0.1) is 0 Å². The number of phosphoric ester groups is 2. The average Bonchev–Trinajstić information content (AvgIpc) is 2.29. The van der Waals surface area contributed by atoms with Crippen LogP contribution in [-0.2, 0) is 18.2 Å². The molecular formula is C8H14O8P2. The van der Waals surface area contributed by atoms with Gasteiger partial charge in [0.1, 0.15) is 5.75 Å². The maximum Gasteiger partial charge on any atom is 0.524 e. The van der Waals surface area contributed by atoms with Crippen molar-refractivity contribution in [2.75, 3.05) is 14.2 Å². The molecule has 1 rings (SSSR count). The molecule has 0 unspecified atom stereocenters. The Balaban J connectivity index is 0.000000360. The molecule has 10 heteroatoms. The normalized spacial score (nSPS) is 11.4. The molecule has 0 saturated heterocycles.